The van der Waals surface area contributed by atoms with Crippen LogP contribution in [0.25, 0.3) is 32.0 Å². The van der Waals surface area contributed by atoms with E-state index in [1.165, 1.54) is 11.3 Å². The molecule has 4 aromatic rings. The van der Waals surface area contributed by atoms with Gasteiger partial charge in [-0.3, -0.25) is 0 Å². The van der Waals surface area contributed by atoms with Crippen molar-refractivity contribution < 1.29 is 19.0 Å². The largest absolute Gasteiger partial charge is 0.480 e. The van der Waals surface area contributed by atoms with E-state index in [9.17, 15) is 4.79 Å². The molecule has 9 nitrogen and oxygen atoms in total. The molecule has 3 heterocycles. The third-order valence-electron chi connectivity index (χ3n) is 4.76. The molecule has 0 aliphatic carbocycles. The van der Waals surface area contributed by atoms with Gasteiger partial charge in [-0.1, -0.05) is 11.3 Å². The fraction of sp³-hybridized carbons (Fsp3) is 0.375. The number of benzene rings is 1. The van der Waals surface area contributed by atoms with Crippen LogP contribution in [0.2, 0.25) is 0 Å². The second kappa shape index (κ2) is 9.38. The van der Waals surface area contributed by atoms with Gasteiger partial charge in [0.05, 0.1) is 30.9 Å². The first-order valence-electron chi connectivity index (χ1n) is 10.8. The van der Waals surface area contributed by atoms with Gasteiger partial charge < -0.3 is 19.5 Å². The van der Waals surface area contributed by atoms with Crippen LogP contribution < -0.4 is 14.8 Å². The third-order valence-corrected chi connectivity index (χ3v) is 5.75. The lowest BCUT2D eigenvalue weighted by Gasteiger charge is -2.19. The van der Waals surface area contributed by atoms with Crippen LogP contribution in [-0.4, -0.2) is 51.9 Å². The average molecular weight is 482 g/mol. The van der Waals surface area contributed by atoms with Crippen molar-refractivity contribution in [2.45, 2.75) is 40.2 Å². The maximum Gasteiger partial charge on any atom is 0.407 e. The second-order valence-corrected chi connectivity index (χ2v) is 9.80. The van der Waals surface area contributed by atoms with Crippen molar-refractivity contribution in [1.29, 1.82) is 0 Å². The van der Waals surface area contributed by atoms with Gasteiger partial charge in [-0.25, -0.2) is 24.7 Å². The SMILES string of the molecule is COc1cnc2c(-c3nc4c(C)cc(OCCNC(=O)OC(C)(C)C)nc4s3)cc(C)cc2n1. The predicted molar refractivity (Wildman–Crippen MR) is 132 cm³/mol. The second-order valence-electron chi connectivity index (χ2n) is 8.82. The molecule has 178 valence electrons. The van der Waals surface area contributed by atoms with E-state index in [4.69, 9.17) is 19.2 Å². The minimum Gasteiger partial charge on any atom is -0.480 e. The molecule has 3 aromatic heterocycles. The van der Waals surface area contributed by atoms with Crippen molar-refractivity contribution in [3.63, 3.8) is 0 Å². The lowest BCUT2D eigenvalue weighted by atomic mass is 10.1. The van der Waals surface area contributed by atoms with Gasteiger partial charge >= 0.3 is 6.09 Å². The van der Waals surface area contributed by atoms with Crippen LogP contribution >= 0.6 is 11.3 Å². The number of nitrogens with zero attached hydrogens (tertiary/aromatic N) is 4. The number of aromatic nitrogens is 4. The lowest BCUT2D eigenvalue weighted by molar-refractivity contribution is 0.0520. The molecule has 0 radical (unpaired) electrons. The molecule has 0 aliphatic rings. The number of pyridine rings is 1. The molecule has 34 heavy (non-hydrogen) atoms. The molecule has 0 saturated heterocycles. The molecule has 0 bridgehead atoms. The highest BCUT2D eigenvalue weighted by molar-refractivity contribution is 7.21. The van der Waals surface area contributed by atoms with Crippen LogP contribution in [0.15, 0.2) is 24.4 Å². The van der Waals surface area contributed by atoms with Crippen LogP contribution in [0.1, 0.15) is 31.9 Å². The summed E-state index contributed by atoms with van der Waals surface area (Å²) in [6, 6.07) is 5.87. The number of hydrogen-bond donors (Lipinski definition) is 1. The van der Waals surface area contributed by atoms with E-state index in [-0.39, 0.29) is 6.61 Å². The number of hydrogen-bond acceptors (Lipinski definition) is 9. The normalized spacial score (nSPS) is 11.6. The molecule has 1 amide bonds. The molecule has 0 fully saturated rings. The summed E-state index contributed by atoms with van der Waals surface area (Å²) in [6.45, 7) is 10.0. The van der Waals surface area contributed by atoms with Crippen LogP contribution in [0.3, 0.4) is 0 Å². The summed E-state index contributed by atoms with van der Waals surface area (Å²) in [5.74, 6) is 0.943. The number of thiazole rings is 1. The van der Waals surface area contributed by atoms with Gasteiger partial charge in [-0.05, 0) is 57.9 Å². The van der Waals surface area contributed by atoms with E-state index in [2.05, 4.69) is 26.3 Å². The fourth-order valence-corrected chi connectivity index (χ4v) is 4.38. The van der Waals surface area contributed by atoms with Gasteiger partial charge in [-0.15, -0.1) is 0 Å². The molecule has 0 saturated carbocycles. The van der Waals surface area contributed by atoms with E-state index in [1.807, 2.05) is 46.8 Å². The number of fused-ring (bicyclic) bond motifs is 2. The van der Waals surface area contributed by atoms with Gasteiger partial charge in [0.2, 0.25) is 11.8 Å². The van der Waals surface area contributed by atoms with Gasteiger partial charge in [0.15, 0.2) is 0 Å². The topological polar surface area (TPSA) is 108 Å². The summed E-state index contributed by atoms with van der Waals surface area (Å²) in [5.41, 5.74) is 4.68. The van der Waals surface area contributed by atoms with Crippen molar-refractivity contribution in [3.05, 3.63) is 35.5 Å². The Kier molecular flexibility index (Phi) is 6.52. The monoisotopic (exact) mass is 481 g/mol. The highest BCUT2D eigenvalue weighted by Gasteiger charge is 2.17. The quantitative estimate of drug-likeness (QED) is 0.390. The highest BCUT2D eigenvalue weighted by atomic mass is 32.1. The van der Waals surface area contributed by atoms with Gasteiger partial charge in [0, 0.05) is 11.6 Å². The van der Waals surface area contributed by atoms with E-state index < -0.39 is 11.7 Å². The Balaban J connectivity index is 1.55. The van der Waals surface area contributed by atoms with Crippen LogP contribution in [0.5, 0.6) is 11.8 Å². The molecule has 0 unspecified atom stereocenters. The van der Waals surface area contributed by atoms with Crippen molar-refractivity contribution in [3.8, 4) is 22.3 Å². The maximum absolute atomic E-state index is 11.8. The number of carbonyl (C=O) groups is 1. The number of amides is 1. The zero-order valence-corrected chi connectivity index (χ0v) is 20.9. The Morgan fingerprint density at radius 2 is 1.85 bits per heavy atom. The number of rotatable bonds is 6. The smallest absolute Gasteiger partial charge is 0.407 e. The number of carbonyl (C=O) groups excluding carboxylic acids is 1. The molecular weight excluding hydrogens is 454 g/mol. The zero-order chi connectivity index (χ0) is 24.5. The number of methoxy groups -OCH3 is 1. The number of aryl methyl sites for hydroxylation is 2. The van der Waals surface area contributed by atoms with E-state index in [0.29, 0.717) is 18.3 Å². The summed E-state index contributed by atoms with van der Waals surface area (Å²) >= 11 is 1.47. The summed E-state index contributed by atoms with van der Waals surface area (Å²) in [4.78, 5) is 31.1. The Hall–Kier alpha value is -3.53. The van der Waals surface area contributed by atoms with Gasteiger partial charge in [0.25, 0.3) is 0 Å². The molecule has 0 spiro atoms. The molecule has 1 aromatic carbocycles. The first-order chi connectivity index (χ1) is 16.1. The van der Waals surface area contributed by atoms with Crippen molar-refractivity contribution >= 4 is 38.8 Å². The standard InChI is InChI=1S/C24H27N5O4S/c1-13-9-15(20-16(10-13)27-18(31-6)12-26-20)21-29-19-14(2)11-17(28-22(19)34-21)32-8-7-25-23(30)33-24(3,4)5/h9-12H,7-8H2,1-6H3,(H,25,30). The van der Waals surface area contributed by atoms with Crippen LogP contribution in [-0.2, 0) is 4.74 Å². The summed E-state index contributed by atoms with van der Waals surface area (Å²) in [7, 11) is 1.57. The van der Waals surface area contributed by atoms with E-state index in [1.54, 1.807) is 13.3 Å². The Morgan fingerprint density at radius 1 is 1.06 bits per heavy atom. The lowest BCUT2D eigenvalue weighted by Crippen LogP contribution is -2.34. The fourth-order valence-electron chi connectivity index (χ4n) is 3.35. The number of nitrogens with one attached hydrogen (secondary N) is 1. The molecule has 0 aliphatic heterocycles. The Bertz CT molecular complexity index is 1360. The minimum absolute atomic E-state index is 0.267. The van der Waals surface area contributed by atoms with Crippen molar-refractivity contribution in [1.82, 2.24) is 25.3 Å². The van der Waals surface area contributed by atoms with Crippen molar-refractivity contribution in [2.24, 2.45) is 0 Å². The summed E-state index contributed by atoms with van der Waals surface area (Å²) in [5, 5.41) is 3.48. The maximum atomic E-state index is 11.8. The molecule has 4 rings (SSSR count). The number of alkyl carbamates (subject to hydrolysis) is 1. The zero-order valence-electron chi connectivity index (χ0n) is 20.1. The van der Waals surface area contributed by atoms with Gasteiger partial charge in [-0.2, -0.15) is 0 Å². The molecule has 1 N–H and O–H groups in total. The van der Waals surface area contributed by atoms with E-state index >= 15 is 0 Å². The Morgan fingerprint density at radius 3 is 2.59 bits per heavy atom. The highest BCUT2D eigenvalue weighted by Crippen LogP contribution is 2.35. The summed E-state index contributed by atoms with van der Waals surface area (Å²) in [6.07, 6.45) is 1.13. The van der Waals surface area contributed by atoms with E-state index in [0.717, 1.165) is 43.1 Å². The molecular formula is C24H27N5O4S. The van der Waals surface area contributed by atoms with Gasteiger partial charge in [0.1, 0.15) is 27.6 Å². The summed E-state index contributed by atoms with van der Waals surface area (Å²) < 4.78 is 16.2. The Labute approximate surface area is 201 Å². The molecule has 10 heteroatoms. The van der Waals surface area contributed by atoms with Crippen LogP contribution in [0.4, 0.5) is 4.79 Å². The predicted octanol–water partition coefficient (Wildman–Crippen LogP) is 4.83. The minimum atomic E-state index is -0.543. The van der Waals surface area contributed by atoms with Crippen molar-refractivity contribution in [2.75, 3.05) is 20.3 Å². The molecule has 0 atom stereocenters. The first-order valence-corrected chi connectivity index (χ1v) is 11.6. The average Bonchev–Trinajstić information content (AvgIpc) is 3.19. The number of ether oxygens (including phenoxy) is 3. The van der Waals surface area contributed by atoms with Crippen LogP contribution in [0, 0.1) is 13.8 Å². The first kappa shape index (κ1) is 23.6. The third kappa shape index (κ3) is 5.33.